The van der Waals surface area contributed by atoms with E-state index in [9.17, 15) is 4.79 Å². The highest BCUT2D eigenvalue weighted by Gasteiger charge is 2.27. The Morgan fingerprint density at radius 2 is 1.89 bits per heavy atom. The summed E-state index contributed by atoms with van der Waals surface area (Å²) in [6.07, 6.45) is 6.48. The Balaban J connectivity index is 1.29. The van der Waals surface area contributed by atoms with Gasteiger partial charge in [-0.05, 0) is 49.3 Å². The molecule has 27 heavy (non-hydrogen) atoms. The lowest BCUT2D eigenvalue weighted by atomic mass is 9.96. The standard InChI is InChI=1S/C20H23N5OS/c26-20(16-7-12-27-14-16)24-10-5-15(6-11-24)19-21-18-4-3-17(13-25(18)22-19)23-8-1-2-9-23/h3-4,7,12-15H,1-2,5-6,8-11H2. The van der Waals surface area contributed by atoms with Gasteiger partial charge in [0.1, 0.15) is 0 Å². The highest BCUT2D eigenvalue weighted by atomic mass is 32.1. The summed E-state index contributed by atoms with van der Waals surface area (Å²) in [6, 6.07) is 6.13. The van der Waals surface area contributed by atoms with Gasteiger partial charge < -0.3 is 9.80 Å². The third kappa shape index (κ3) is 3.20. The number of carbonyl (C=O) groups excluding carboxylic acids is 1. The van der Waals surface area contributed by atoms with Crippen LogP contribution in [-0.2, 0) is 0 Å². The average molecular weight is 382 g/mol. The quantitative estimate of drug-likeness (QED) is 0.698. The molecule has 0 bridgehead atoms. The van der Waals surface area contributed by atoms with Crippen molar-refractivity contribution in [2.45, 2.75) is 31.6 Å². The number of fused-ring (bicyclic) bond motifs is 1. The van der Waals surface area contributed by atoms with E-state index < -0.39 is 0 Å². The van der Waals surface area contributed by atoms with E-state index in [4.69, 9.17) is 10.1 Å². The first kappa shape index (κ1) is 16.7. The monoisotopic (exact) mass is 381 g/mol. The summed E-state index contributed by atoms with van der Waals surface area (Å²) in [7, 11) is 0. The van der Waals surface area contributed by atoms with Crippen molar-refractivity contribution in [1.82, 2.24) is 19.5 Å². The fourth-order valence-electron chi connectivity index (χ4n) is 4.13. The lowest BCUT2D eigenvalue weighted by Crippen LogP contribution is -2.37. The summed E-state index contributed by atoms with van der Waals surface area (Å²) in [6.45, 7) is 3.80. The van der Waals surface area contributed by atoms with Crippen LogP contribution in [0.3, 0.4) is 0 Å². The third-order valence-corrected chi connectivity index (χ3v) is 6.40. The molecule has 5 rings (SSSR count). The van der Waals surface area contributed by atoms with Crippen LogP contribution in [0.5, 0.6) is 0 Å². The minimum atomic E-state index is 0.146. The molecule has 2 saturated heterocycles. The maximum Gasteiger partial charge on any atom is 0.254 e. The molecule has 2 aliphatic rings. The largest absolute Gasteiger partial charge is 0.370 e. The number of likely N-dealkylation sites (tertiary alicyclic amines) is 1. The zero-order chi connectivity index (χ0) is 18.2. The number of thiophene rings is 1. The molecule has 5 heterocycles. The molecule has 0 aromatic carbocycles. The van der Waals surface area contributed by atoms with Crippen molar-refractivity contribution >= 4 is 28.6 Å². The lowest BCUT2D eigenvalue weighted by Gasteiger charge is -2.30. The van der Waals surface area contributed by atoms with Crippen molar-refractivity contribution in [3.05, 3.63) is 46.5 Å². The minimum Gasteiger partial charge on any atom is -0.370 e. The van der Waals surface area contributed by atoms with E-state index in [0.29, 0.717) is 5.92 Å². The molecule has 140 valence electrons. The van der Waals surface area contributed by atoms with Gasteiger partial charge in [0.2, 0.25) is 0 Å². The van der Waals surface area contributed by atoms with Crippen molar-refractivity contribution in [2.24, 2.45) is 0 Å². The van der Waals surface area contributed by atoms with Crippen molar-refractivity contribution in [3.8, 4) is 0 Å². The number of pyridine rings is 1. The van der Waals surface area contributed by atoms with Crippen LogP contribution in [-0.4, -0.2) is 51.6 Å². The zero-order valence-electron chi connectivity index (χ0n) is 15.3. The van der Waals surface area contributed by atoms with Crippen LogP contribution in [0.4, 0.5) is 5.69 Å². The normalized spacial score (nSPS) is 18.5. The second kappa shape index (κ2) is 6.96. The van der Waals surface area contributed by atoms with Gasteiger partial charge in [0.15, 0.2) is 11.5 Å². The number of hydrogen-bond donors (Lipinski definition) is 0. The lowest BCUT2D eigenvalue weighted by molar-refractivity contribution is 0.0711. The van der Waals surface area contributed by atoms with Crippen LogP contribution in [0.25, 0.3) is 5.65 Å². The van der Waals surface area contributed by atoms with Crippen molar-refractivity contribution in [1.29, 1.82) is 0 Å². The molecule has 0 N–H and O–H groups in total. The van der Waals surface area contributed by atoms with E-state index in [1.54, 1.807) is 11.3 Å². The highest BCUT2D eigenvalue weighted by molar-refractivity contribution is 7.08. The fourth-order valence-corrected chi connectivity index (χ4v) is 4.76. The molecule has 1 amide bonds. The summed E-state index contributed by atoms with van der Waals surface area (Å²) in [5, 5.41) is 8.65. The first-order valence-corrected chi connectivity index (χ1v) is 10.6. The van der Waals surface area contributed by atoms with Crippen LogP contribution in [0, 0.1) is 0 Å². The summed E-state index contributed by atoms with van der Waals surface area (Å²) >= 11 is 1.57. The van der Waals surface area contributed by atoms with Gasteiger partial charge in [-0.15, -0.1) is 0 Å². The van der Waals surface area contributed by atoms with Gasteiger partial charge in [-0.1, -0.05) is 0 Å². The maximum absolute atomic E-state index is 12.5. The number of aromatic nitrogens is 3. The van der Waals surface area contributed by atoms with E-state index in [0.717, 1.165) is 56.1 Å². The summed E-state index contributed by atoms with van der Waals surface area (Å²) in [5.74, 6) is 1.38. The molecule has 0 spiro atoms. The first-order valence-electron chi connectivity index (χ1n) is 9.71. The zero-order valence-corrected chi connectivity index (χ0v) is 16.1. The number of amides is 1. The topological polar surface area (TPSA) is 53.7 Å². The van der Waals surface area contributed by atoms with Crippen LogP contribution >= 0.6 is 11.3 Å². The molecule has 0 unspecified atom stereocenters. The maximum atomic E-state index is 12.5. The van der Waals surface area contributed by atoms with Gasteiger partial charge in [-0.25, -0.2) is 9.50 Å². The Morgan fingerprint density at radius 3 is 2.63 bits per heavy atom. The molecule has 6 nitrogen and oxygen atoms in total. The molecule has 0 radical (unpaired) electrons. The number of anilines is 1. The summed E-state index contributed by atoms with van der Waals surface area (Å²) in [5.41, 5.74) is 2.94. The molecule has 0 aliphatic carbocycles. The van der Waals surface area contributed by atoms with Gasteiger partial charge in [-0.3, -0.25) is 4.79 Å². The summed E-state index contributed by atoms with van der Waals surface area (Å²) < 4.78 is 1.92. The molecular formula is C20H23N5OS. The van der Waals surface area contributed by atoms with E-state index in [1.165, 1.54) is 18.5 Å². The molecule has 0 saturated carbocycles. The molecule has 2 aliphatic heterocycles. The highest BCUT2D eigenvalue weighted by Crippen LogP contribution is 2.28. The van der Waals surface area contributed by atoms with Gasteiger partial charge in [-0.2, -0.15) is 16.4 Å². The van der Waals surface area contributed by atoms with Gasteiger partial charge in [0.05, 0.1) is 17.4 Å². The van der Waals surface area contributed by atoms with Crippen molar-refractivity contribution in [3.63, 3.8) is 0 Å². The predicted molar refractivity (Wildman–Crippen MR) is 107 cm³/mol. The first-order chi connectivity index (χ1) is 13.3. The Morgan fingerprint density at radius 1 is 1.07 bits per heavy atom. The van der Waals surface area contributed by atoms with Gasteiger partial charge >= 0.3 is 0 Å². The number of rotatable bonds is 3. The van der Waals surface area contributed by atoms with Crippen LogP contribution in [0.2, 0.25) is 0 Å². The fraction of sp³-hybridized carbons (Fsp3) is 0.450. The second-order valence-corrected chi connectivity index (χ2v) is 8.21. The minimum absolute atomic E-state index is 0.146. The van der Waals surface area contributed by atoms with Crippen LogP contribution < -0.4 is 4.90 Å². The molecule has 3 aromatic heterocycles. The molecule has 2 fully saturated rings. The van der Waals surface area contributed by atoms with Crippen molar-refractivity contribution < 1.29 is 4.79 Å². The Bertz CT molecular complexity index is 937. The molecule has 3 aromatic rings. The molecule has 0 atom stereocenters. The van der Waals surface area contributed by atoms with E-state index in [1.807, 2.05) is 26.2 Å². The number of carbonyl (C=O) groups is 1. The van der Waals surface area contributed by atoms with Gasteiger partial charge in [0.25, 0.3) is 5.91 Å². The summed E-state index contributed by atoms with van der Waals surface area (Å²) in [4.78, 5) is 21.6. The van der Waals surface area contributed by atoms with Crippen LogP contribution in [0.1, 0.15) is 47.8 Å². The van der Waals surface area contributed by atoms with Crippen molar-refractivity contribution in [2.75, 3.05) is 31.1 Å². The SMILES string of the molecule is O=C(c1ccsc1)N1CCC(c2nc3ccc(N4CCCC4)cn3n2)CC1. The Labute approximate surface area is 162 Å². The number of piperidine rings is 1. The van der Waals surface area contributed by atoms with E-state index in [-0.39, 0.29) is 5.91 Å². The third-order valence-electron chi connectivity index (χ3n) is 5.72. The van der Waals surface area contributed by atoms with E-state index in [2.05, 4.69) is 23.2 Å². The predicted octanol–water partition coefficient (Wildman–Crippen LogP) is 3.41. The van der Waals surface area contributed by atoms with Gasteiger partial charge in [0, 0.05) is 37.5 Å². The number of hydrogen-bond acceptors (Lipinski definition) is 5. The van der Waals surface area contributed by atoms with Crippen LogP contribution in [0.15, 0.2) is 35.2 Å². The molecular weight excluding hydrogens is 358 g/mol. The second-order valence-electron chi connectivity index (χ2n) is 7.43. The Hall–Kier alpha value is -2.41. The average Bonchev–Trinajstić information content (AvgIpc) is 3.48. The molecule has 7 heteroatoms. The Kier molecular flexibility index (Phi) is 4.32. The smallest absolute Gasteiger partial charge is 0.254 e. The van der Waals surface area contributed by atoms with E-state index >= 15 is 0 Å². The number of nitrogens with zero attached hydrogens (tertiary/aromatic N) is 5.